The van der Waals surface area contributed by atoms with E-state index in [2.05, 4.69) is 11.1 Å². The van der Waals surface area contributed by atoms with Crippen LogP contribution in [0.15, 0.2) is 18.3 Å². The van der Waals surface area contributed by atoms with Gasteiger partial charge in [0.05, 0.1) is 6.04 Å². The van der Waals surface area contributed by atoms with Gasteiger partial charge >= 0.3 is 0 Å². The van der Waals surface area contributed by atoms with Gasteiger partial charge in [-0.05, 0) is 37.5 Å². The molecule has 0 aromatic carbocycles. The van der Waals surface area contributed by atoms with Gasteiger partial charge in [0.15, 0.2) is 0 Å². The van der Waals surface area contributed by atoms with Crippen LogP contribution in [-0.2, 0) is 4.79 Å². The molecule has 0 saturated carbocycles. The van der Waals surface area contributed by atoms with Crippen LogP contribution in [-0.4, -0.2) is 22.3 Å². The van der Waals surface area contributed by atoms with Gasteiger partial charge < -0.3 is 4.90 Å². The molecule has 0 unspecified atom stereocenters. The zero-order valence-electron chi connectivity index (χ0n) is 9.23. The molecule has 1 aliphatic rings. The van der Waals surface area contributed by atoms with E-state index in [1.807, 2.05) is 24.1 Å². The number of carbonyl (C=O) groups excluding carboxylic acids is 1. The normalized spacial score (nSPS) is 20.7. The average Bonchev–Trinajstić information content (AvgIpc) is 2.65. The Labute approximate surface area is 90.1 Å². The minimum atomic E-state index is 0.173. The van der Waals surface area contributed by atoms with Crippen molar-refractivity contribution in [3.63, 3.8) is 0 Å². The Morgan fingerprint density at radius 3 is 3.07 bits per heavy atom. The molecule has 3 heteroatoms. The van der Waals surface area contributed by atoms with Gasteiger partial charge in [0, 0.05) is 25.4 Å². The molecule has 3 nitrogen and oxygen atoms in total. The van der Waals surface area contributed by atoms with E-state index in [1.54, 1.807) is 6.92 Å². The standard InChI is InChI=1S/C12H16N2O/c1-9-8-11(5-6-13-9)12-4-3-7-14(12)10(2)15/h5-6,8,12H,3-4,7H2,1-2H3/t12-/m1/s1. The molecule has 2 rings (SSSR count). The number of nitrogens with zero attached hydrogens (tertiary/aromatic N) is 2. The Hall–Kier alpha value is -1.38. The second kappa shape index (κ2) is 4.01. The second-order valence-corrected chi connectivity index (χ2v) is 4.10. The Bertz CT molecular complexity index is 376. The van der Waals surface area contributed by atoms with Crippen LogP contribution < -0.4 is 0 Å². The highest BCUT2D eigenvalue weighted by Crippen LogP contribution is 2.31. The number of aromatic nitrogens is 1. The SMILES string of the molecule is CC(=O)N1CCC[C@@H]1c1ccnc(C)c1. The van der Waals surface area contributed by atoms with E-state index < -0.39 is 0 Å². The fourth-order valence-electron chi connectivity index (χ4n) is 2.26. The summed E-state index contributed by atoms with van der Waals surface area (Å²) in [4.78, 5) is 17.6. The number of hydrogen-bond donors (Lipinski definition) is 0. The molecular formula is C12H16N2O. The number of rotatable bonds is 1. The molecule has 80 valence electrons. The highest BCUT2D eigenvalue weighted by Gasteiger charge is 2.27. The minimum Gasteiger partial charge on any atom is -0.336 e. The van der Waals surface area contributed by atoms with Crippen molar-refractivity contribution in [2.45, 2.75) is 32.7 Å². The third-order valence-corrected chi connectivity index (χ3v) is 2.96. The highest BCUT2D eigenvalue weighted by molar-refractivity contribution is 5.74. The molecule has 1 aliphatic heterocycles. The van der Waals surface area contributed by atoms with Crippen LogP contribution in [0.4, 0.5) is 0 Å². The van der Waals surface area contributed by atoms with Crippen LogP contribution in [0.5, 0.6) is 0 Å². The minimum absolute atomic E-state index is 0.173. The zero-order valence-corrected chi connectivity index (χ0v) is 9.23. The first-order valence-electron chi connectivity index (χ1n) is 5.38. The third kappa shape index (κ3) is 2.01. The number of hydrogen-bond acceptors (Lipinski definition) is 2. The monoisotopic (exact) mass is 204 g/mol. The van der Waals surface area contributed by atoms with E-state index in [1.165, 1.54) is 5.56 Å². The van der Waals surface area contributed by atoms with Crippen molar-refractivity contribution in [3.05, 3.63) is 29.6 Å². The molecular weight excluding hydrogens is 188 g/mol. The van der Waals surface area contributed by atoms with Crippen LogP contribution in [0.25, 0.3) is 0 Å². The molecule has 0 N–H and O–H groups in total. The summed E-state index contributed by atoms with van der Waals surface area (Å²) in [6, 6.07) is 4.36. The van der Waals surface area contributed by atoms with Crippen LogP contribution in [0, 0.1) is 6.92 Å². The molecule has 0 aliphatic carbocycles. The molecule has 0 spiro atoms. The quantitative estimate of drug-likeness (QED) is 0.701. The predicted molar refractivity (Wildman–Crippen MR) is 58.3 cm³/mol. The van der Waals surface area contributed by atoms with E-state index >= 15 is 0 Å². The van der Waals surface area contributed by atoms with Gasteiger partial charge in [0.25, 0.3) is 0 Å². The van der Waals surface area contributed by atoms with Gasteiger partial charge in [-0.25, -0.2) is 0 Å². The van der Waals surface area contributed by atoms with Gasteiger partial charge in [-0.2, -0.15) is 0 Å². The van der Waals surface area contributed by atoms with Gasteiger partial charge in [0.2, 0.25) is 5.91 Å². The van der Waals surface area contributed by atoms with Crippen molar-refractivity contribution in [1.82, 2.24) is 9.88 Å². The van der Waals surface area contributed by atoms with E-state index in [0.29, 0.717) is 0 Å². The lowest BCUT2D eigenvalue weighted by Crippen LogP contribution is -2.28. The highest BCUT2D eigenvalue weighted by atomic mass is 16.2. The fraction of sp³-hybridized carbons (Fsp3) is 0.500. The topological polar surface area (TPSA) is 33.2 Å². The molecule has 1 aromatic heterocycles. The predicted octanol–water partition coefficient (Wildman–Crippen LogP) is 2.07. The number of amides is 1. The van der Waals surface area contributed by atoms with Gasteiger partial charge in [0.1, 0.15) is 0 Å². The van der Waals surface area contributed by atoms with Gasteiger partial charge in [-0.1, -0.05) is 0 Å². The Kier molecular flexibility index (Phi) is 2.71. The Morgan fingerprint density at radius 2 is 2.40 bits per heavy atom. The molecule has 2 heterocycles. The summed E-state index contributed by atoms with van der Waals surface area (Å²) >= 11 is 0. The summed E-state index contributed by atoms with van der Waals surface area (Å²) in [5.41, 5.74) is 2.23. The molecule has 15 heavy (non-hydrogen) atoms. The van der Waals surface area contributed by atoms with Crippen molar-refractivity contribution in [1.29, 1.82) is 0 Å². The average molecular weight is 204 g/mol. The first kappa shape index (κ1) is 10.1. The second-order valence-electron chi connectivity index (χ2n) is 4.10. The van der Waals surface area contributed by atoms with Crippen LogP contribution in [0.1, 0.15) is 37.1 Å². The summed E-state index contributed by atoms with van der Waals surface area (Å²) in [7, 11) is 0. The summed E-state index contributed by atoms with van der Waals surface area (Å²) in [6.45, 7) is 4.52. The van der Waals surface area contributed by atoms with E-state index in [9.17, 15) is 4.79 Å². The molecule has 1 saturated heterocycles. The van der Waals surface area contributed by atoms with Crippen molar-refractivity contribution >= 4 is 5.91 Å². The van der Waals surface area contributed by atoms with Gasteiger partial charge in [-0.15, -0.1) is 0 Å². The van der Waals surface area contributed by atoms with Crippen LogP contribution in [0.3, 0.4) is 0 Å². The van der Waals surface area contributed by atoms with Crippen LogP contribution >= 0.6 is 0 Å². The number of likely N-dealkylation sites (tertiary alicyclic amines) is 1. The van der Waals surface area contributed by atoms with Crippen molar-refractivity contribution in [2.75, 3.05) is 6.54 Å². The van der Waals surface area contributed by atoms with Crippen molar-refractivity contribution in [2.24, 2.45) is 0 Å². The number of aryl methyl sites for hydroxylation is 1. The first-order valence-corrected chi connectivity index (χ1v) is 5.38. The lowest BCUT2D eigenvalue weighted by Gasteiger charge is -2.23. The number of carbonyl (C=O) groups is 1. The van der Waals surface area contributed by atoms with E-state index in [0.717, 1.165) is 25.1 Å². The van der Waals surface area contributed by atoms with Crippen molar-refractivity contribution in [3.8, 4) is 0 Å². The Balaban J connectivity index is 2.26. The third-order valence-electron chi connectivity index (χ3n) is 2.96. The molecule has 1 amide bonds. The molecule has 1 fully saturated rings. The smallest absolute Gasteiger partial charge is 0.219 e. The lowest BCUT2D eigenvalue weighted by atomic mass is 10.1. The van der Waals surface area contributed by atoms with Crippen molar-refractivity contribution < 1.29 is 4.79 Å². The summed E-state index contributed by atoms with van der Waals surface area (Å²) in [5.74, 6) is 0.173. The first-order chi connectivity index (χ1) is 7.18. The van der Waals surface area contributed by atoms with E-state index in [4.69, 9.17) is 0 Å². The summed E-state index contributed by atoms with van der Waals surface area (Å²) < 4.78 is 0. The van der Waals surface area contributed by atoms with E-state index in [-0.39, 0.29) is 11.9 Å². The Morgan fingerprint density at radius 1 is 1.60 bits per heavy atom. The van der Waals surface area contributed by atoms with Gasteiger partial charge in [-0.3, -0.25) is 9.78 Å². The molecule has 1 atom stereocenters. The lowest BCUT2D eigenvalue weighted by molar-refractivity contribution is -0.129. The molecule has 1 aromatic rings. The zero-order chi connectivity index (χ0) is 10.8. The maximum Gasteiger partial charge on any atom is 0.219 e. The molecule has 0 bridgehead atoms. The maximum atomic E-state index is 11.4. The summed E-state index contributed by atoms with van der Waals surface area (Å²) in [5, 5.41) is 0. The summed E-state index contributed by atoms with van der Waals surface area (Å²) in [6.07, 6.45) is 4.00. The van der Waals surface area contributed by atoms with Crippen LogP contribution in [0.2, 0.25) is 0 Å². The largest absolute Gasteiger partial charge is 0.336 e. The number of pyridine rings is 1. The molecule has 0 radical (unpaired) electrons. The fourth-order valence-corrected chi connectivity index (χ4v) is 2.26. The maximum absolute atomic E-state index is 11.4.